The largest absolute Gasteiger partial charge is 0.335 e. The molecule has 2 aliphatic heterocycles. The Kier molecular flexibility index (Phi) is 5.77. The zero-order valence-corrected chi connectivity index (χ0v) is 20.2. The van der Waals surface area contributed by atoms with E-state index in [9.17, 15) is 13.2 Å². The van der Waals surface area contributed by atoms with Gasteiger partial charge in [-0.15, -0.1) is 11.3 Å². The van der Waals surface area contributed by atoms with Gasteiger partial charge in [-0.05, 0) is 37.1 Å². The van der Waals surface area contributed by atoms with E-state index in [1.807, 2.05) is 46.8 Å². The summed E-state index contributed by atoms with van der Waals surface area (Å²) in [5.74, 6) is 0.577. The number of piperazine rings is 1. The third-order valence-corrected chi connectivity index (χ3v) is 9.53. The molecular weight excluding hydrogens is 468 g/mol. The fourth-order valence-electron chi connectivity index (χ4n) is 4.60. The van der Waals surface area contributed by atoms with Crippen molar-refractivity contribution in [3.05, 3.63) is 51.5 Å². The molecule has 32 heavy (non-hydrogen) atoms. The summed E-state index contributed by atoms with van der Waals surface area (Å²) in [4.78, 5) is 19.0. The van der Waals surface area contributed by atoms with Gasteiger partial charge in [-0.3, -0.25) is 14.4 Å². The first-order valence-corrected chi connectivity index (χ1v) is 13.8. The number of hydrogen-bond donors (Lipinski definition) is 0. The number of nitrogens with zero attached hydrogens (tertiary/aromatic N) is 4. The van der Waals surface area contributed by atoms with Gasteiger partial charge in [-0.25, -0.2) is 8.42 Å². The second kappa shape index (κ2) is 8.44. The van der Waals surface area contributed by atoms with Gasteiger partial charge in [0, 0.05) is 42.6 Å². The lowest BCUT2D eigenvalue weighted by Crippen LogP contribution is -2.52. The summed E-state index contributed by atoms with van der Waals surface area (Å²) in [5, 5.41) is 6.38. The molecule has 0 radical (unpaired) electrons. The van der Waals surface area contributed by atoms with Crippen molar-refractivity contribution in [2.24, 2.45) is 0 Å². The van der Waals surface area contributed by atoms with Crippen molar-refractivity contribution < 1.29 is 13.2 Å². The van der Waals surface area contributed by atoms with Gasteiger partial charge in [0.1, 0.15) is 4.83 Å². The molecule has 1 amide bonds. The van der Waals surface area contributed by atoms with E-state index in [0.717, 1.165) is 39.4 Å². The third-order valence-electron chi connectivity index (χ3n) is 6.39. The van der Waals surface area contributed by atoms with E-state index < -0.39 is 9.84 Å². The molecule has 2 aliphatic rings. The first kappa shape index (κ1) is 21.9. The van der Waals surface area contributed by atoms with Gasteiger partial charge in [0.05, 0.1) is 28.6 Å². The molecule has 170 valence electrons. The Morgan fingerprint density at radius 3 is 2.56 bits per heavy atom. The smallest absolute Gasteiger partial charge is 0.264 e. The number of fused-ring (bicyclic) bond motifs is 1. The maximum Gasteiger partial charge on any atom is 0.264 e. The first-order chi connectivity index (χ1) is 15.3. The molecule has 0 saturated carbocycles. The first-order valence-electron chi connectivity index (χ1n) is 10.7. The van der Waals surface area contributed by atoms with Crippen LogP contribution in [0, 0.1) is 6.92 Å². The van der Waals surface area contributed by atoms with Crippen molar-refractivity contribution >= 4 is 48.9 Å². The number of rotatable bonds is 4. The van der Waals surface area contributed by atoms with Crippen molar-refractivity contribution in [1.29, 1.82) is 0 Å². The molecule has 1 atom stereocenters. The molecule has 0 spiro atoms. The number of halogens is 1. The van der Waals surface area contributed by atoms with Gasteiger partial charge in [0.25, 0.3) is 5.91 Å². The SMILES string of the molecule is Cc1nn(Cc2ccc(Cl)cc2)c2sc(C(=O)N3CCN([C@H]4CCS(=O)(=O)C4)CC3)cc12. The minimum absolute atomic E-state index is 0.0438. The molecule has 1 aromatic carbocycles. The lowest BCUT2D eigenvalue weighted by molar-refractivity contribution is 0.0592. The van der Waals surface area contributed by atoms with Crippen LogP contribution in [0.1, 0.15) is 27.3 Å². The topological polar surface area (TPSA) is 75.5 Å². The molecule has 10 heteroatoms. The number of aryl methyl sites for hydroxylation is 1. The molecule has 0 bridgehead atoms. The Hall–Kier alpha value is -1.94. The Bertz CT molecular complexity index is 1260. The summed E-state index contributed by atoms with van der Waals surface area (Å²) < 4.78 is 25.5. The average molecular weight is 493 g/mol. The van der Waals surface area contributed by atoms with Gasteiger partial charge in [0.2, 0.25) is 0 Å². The molecule has 3 aromatic rings. The quantitative estimate of drug-likeness (QED) is 0.559. The number of aromatic nitrogens is 2. The second-order valence-electron chi connectivity index (χ2n) is 8.58. The van der Waals surface area contributed by atoms with E-state index >= 15 is 0 Å². The number of benzene rings is 1. The second-order valence-corrected chi connectivity index (χ2v) is 12.3. The minimum atomic E-state index is -2.89. The Labute approximate surface area is 196 Å². The average Bonchev–Trinajstić information content (AvgIpc) is 3.45. The minimum Gasteiger partial charge on any atom is -0.335 e. The molecule has 4 heterocycles. The number of amides is 1. The predicted molar refractivity (Wildman–Crippen MR) is 127 cm³/mol. The molecule has 2 fully saturated rings. The molecule has 0 N–H and O–H groups in total. The predicted octanol–water partition coefficient (Wildman–Crippen LogP) is 3.05. The van der Waals surface area contributed by atoms with E-state index in [4.69, 9.17) is 11.6 Å². The Morgan fingerprint density at radius 1 is 1.19 bits per heavy atom. The standard InChI is InChI=1S/C22H25ClN4O3S2/c1-15-19-12-20(31-22(19)27(24-15)13-16-2-4-17(23)5-3-16)21(28)26-9-7-25(8-10-26)18-6-11-32(29,30)14-18/h2-5,12,18H,6-11,13-14H2,1H3/t18-/m0/s1. The number of carbonyl (C=O) groups is 1. The maximum absolute atomic E-state index is 13.2. The van der Waals surface area contributed by atoms with Crippen LogP contribution in [-0.2, 0) is 16.4 Å². The van der Waals surface area contributed by atoms with Crippen LogP contribution in [0.25, 0.3) is 10.2 Å². The molecule has 2 aromatic heterocycles. The summed E-state index contributed by atoms with van der Waals surface area (Å²) >= 11 is 7.48. The van der Waals surface area contributed by atoms with Crippen LogP contribution in [0.2, 0.25) is 5.02 Å². The van der Waals surface area contributed by atoms with Crippen molar-refractivity contribution in [2.75, 3.05) is 37.7 Å². The molecule has 0 aliphatic carbocycles. The van der Waals surface area contributed by atoms with Gasteiger partial charge >= 0.3 is 0 Å². The van der Waals surface area contributed by atoms with Crippen LogP contribution in [-0.4, -0.2) is 77.6 Å². The normalized spacial score (nSPS) is 21.4. The highest BCUT2D eigenvalue weighted by Gasteiger charge is 2.34. The number of sulfone groups is 1. The maximum atomic E-state index is 13.2. The summed E-state index contributed by atoms with van der Waals surface area (Å²) in [6.07, 6.45) is 0.704. The van der Waals surface area contributed by atoms with Gasteiger partial charge < -0.3 is 4.90 Å². The lowest BCUT2D eigenvalue weighted by atomic mass is 10.2. The van der Waals surface area contributed by atoms with Crippen LogP contribution in [0.5, 0.6) is 0 Å². The van der Waals surface area contributed by atoms with Crippen LogP contribution >= 0.6 is 22.9 Å². The van der Waals surface area contributed by atoms with E-state index in [2.05, 4.69) is 10.00 Å². The van der Waals surface area contributed by atoms with Gasteiger partial charge in [-0.2, -0.15) is 5.10 Å². The van der Waals surface area contributed by atoms with E-state index in [-0.39, 0.29) is 23.5 Å². The van der Waals surface area contributed by atoms with Crippen molar-refractivity contribution in [1.82, 2.24) is 19.6 Å². The highest BCUT2D eigenvalue weighted by Crippen LogP contribution is 2.30. The third kappa shape index (κ3) is 4.31. The summed E-state index contributed by atoms with van der Waals surface area (Å²) in [6, 6.07) is 9.77. The fourth-order valence-corrected chi connectivity index (χ4v) is 7.61. The van der Waals surface area contributed by atoms with E-state index in [1.165, 1.54) is 11.3 Å². The number of hydrogen-bond acceptors (Lipinski definition) is 6. The Balaban J connectivity index is 1.29. The molecule has 7 nitrogen and oxygen atoms in total. The molecule has 5 rings (SSSR count). The summed E-state index contributed by atoms with van der Waals surface area (Å²) in [6.45, 7) is 5.29. The van der Waals surface area contributed by atoms with Crippen molar-refractivity contribution in [3.8, 4) is 0 Å². The zero-order chi connectivity index (χ0) is 22.5. The van der Waals surface area contributed by atoms with Crippen LogP contribution in [0.4, 0.5) is 0 Å². The summed E-state index contributed by atoms with van der Waals surface area (Å²) in [5.41, 5.74) is 2.02. The van der Waals surface area contributed by atoms with Crippen molar-refractivity contribution in [2.45, 2.75) is 25.9 Å². The number of carbonyl (C=O) groups excluding carboxylic acids is 1. The summed E-state index contributed by atoms with van der Waals surface area (Å²) in [7, 11) is -2.89. The van der Waals surface area contributed by atoms with Crippen molar-refractivity contribution in [3.63, 3.8) is 0 Å². The fraction of sp³-hybridized carbons (Fsp3) is 0.455. The molecule has 2 saturated heterocycles. The molecular formula is C22H25ClN4O3S2. The van der Waals surface area contributed by atoms with Gasteiger partial charge in [0.15, 0.2) is 9.84 Å². The van der Waals surface area contributed by atoms with Crippen LogP contribution in [0.15, 0.2) is 30.3 Å². The zero-order valence-electron chi connectivity index (χ0n) is 17.8. The lowest BCUT2D eigenvalue weighted by Gasteiger charge is -2.37. The highest BCUT2D eigenvalue weighted by molar-refractivity contribution is 7.91. The van der Waals surface area contributed by atoms with Crippen LogP contribution in [0.3, 0.4) is 0 Å². The number of thiophene rings is 1. The highest BCUT2D eigenvalue weighted by atomic mass is 35.5. The Morgan fingerprint density at radius 2 is 1.91 bits per heavy atom. The van der Waals surface area contributed by atoms with E-state index in [0.29, 0.717) is 31.1 Å². The molecule has 0 unspecified atom stereocenters. The van der Waals surface area contributed by atoms with Crippen LogP contribution < -0.4 is 0 Å². The monoisotopic (exact) mass is 492 g/mol. The van der Waals surface area contributed by atoms with E-state index in [1.54, 1.807) is 0 Å². The van der Waals surface area contributed by atoms with Gasteiger partial charge in [-0.1, -0.05) is 23.7 Å².